The van der Waals surface area contributed by atoms with Crippen LogP contribution in [0.5, 0.6) is 5.75 Å². The van der Waals surface area contributed by atoms with Crippen LogP contribution in [0.1, 0.15) is 10.8 Å². The lowest BCUT2D eigenvalue weighted by Gasteiger charge is -2.06. The highest BCUT2D eigenvalue weighted by Crippen LogP contribution is 2.26. The van der Waals surface area contributed by atoms with Crippen molar-refractivity contribution in [2.45, 2.75) is 13.5 Å². The number of nitro groups is 1. The maximum atomic E-state index is 11.9. The third kappa shape index (κ3) is 4.25. The van der Waals surface area contributed by atoms with Crippen LogP contribution in [0.3, 0.4) is 0 Å². The van der Waals surface area contributed by atoms with E-state index in [9.17, 15) is 14.9 Å². The van der Waals surface area contributed by atoms with Crippen molar-refractivity contribution in [1.82, 2.24) is 10.3 Å². The molecule has 0 aliphatic carbocycles. The molecule has 0 atom stereocenters. The highest BCUT2D eigenvalue weighted by molar-refractivity contribution is 7.09. The maximum Gasteiger partial charge on any atom is 0.310 e. The highest BCUT2D eigenvalue weighted by Gasteiger charge is 2.15. The van der Waals surface area contributed by atoms with Crippen molar-refractivity contribution in [3.8, 4) is 17.2 Å². The average molecular weight is 373 g/mol. The fourth-order valence-corrected chi connectivity index (χ4v) is 2.80. The molecule has 2 aromatic heterocycles. The molecule has 3 rings (SSSR count). The van der Waals surface area contributed by atoms with Gasteiger partial charge >= 0.3 is 5.69 Å². The number of hydrogen-bond donors (Lipinski definition) is 1. The zero-order valence-electron chi connectivity index (χ0n) is 13.8. The summed E-state index contributed by atoms with van der Waals surface area (Å²) in [6.07, 6.45) is 0. The van der Waals surface area contributed by atoms with Crippen molar-refractivity contribution in [3.63, 3.8) is 0 Å². The minimum absolute atomic E-state index is 0.0480. The van der Waals surface area contributed by atoms with Gasteiger partial charge < -0.3 is 14.5 Å². The SMILES string of the molecule is Cc1nc(-c2ccc(CNC(=O)COc3ccccc3[N+](=O)[O-])o2)cs1. The van der Waals surface area contributed by atoms with Gasteiger partial charge in [0.05, 0.1) is 16.5 Å². The Bertz CT molecular complexity index is 934. The number of benzene rings is 1. The summed E-state index contributed by atoms with van der Waals surface area (Å²) in [6.45, 7) is 1.77. The topological polar surface area (TPSA) is 108 Å². The standard InChI is InChI=1S/C17H15N3O5S/c1-11-19-13(10-26-11)15-7-6-12(25-15)8-18-17(21)9-24-16-5-3-2-4-14(16)20(22)23/h2-7,10H,8-9H2,1H3,(H,18,21). The van der Waals surface area contributed by atoms with Crippen molar-refractivity contribution >= 4 is 22.9 Å². The second kappa shape index (κ2) is 7.79. The molecule has 0 aliphatic rings. The van der Waals surface area contributed by atoms with Gasteiger partial charge in [-0.1, -0.05) is 12.1 Å². The fraction of sp³-hybridized carbons (Fsp3) is 0.176. The van der Waals surface area contributed by atoms with Crippen molar-refractivity contribution < 1.29 is 18.9 Å². The number of thiazole rings is 1. The van der Waals surface area contributed by atoms with Gasteiger partial charge in [0.1, 0.15) is 11.5 Å². The van der Waals surface area contributed by atoms with E-state index < -0.39 is 10.8 Å². The van der Waals surface area contributed by atoms with E-state index in [1.54, 1.807) is 18.2 Å². The lowest BCUT2D eigenvalue weighted by atomic mass is 10.3. The van der Waals surface area contributed by atoms with E-state index in [1.165, 1.54) is 29.5 Å². The summed E-state index contributed by atoms with van der Waals surface area (Å²) in [4.78, 5) is 26.6. The van der Waals surface area contributed by atoms with E-state index in [1.807, 2.05) is 12.3 Å². The van der Waals surface area contributed by atoms with Crippen LogP contribution in [0.15, 0.2) is 46.2 Å². The van der Waals surface area contributed by atoms with Gasteiger partial charge in [0, 0.05) is 11.4 Å². The first kappa shape index (κ1) is 17.6. The van der Waals surface area contributed by atoms with E-state index in [-0.39, 0.29) is 24.6 Å². The molecule has 9 heteroatoms. The van der Waals surface area contributed by atoms with E-state index >= 15 is 0 Å². The predicted octanol–water partition coefficient (Wildman–Crippen LogP) is 3.31. The van der Waals surface area contributed by atoms with Crippen LogP contribution in [0.25, 0.3) is 11.5 Å². The number of carbonyl (C=O) groups is 1. The third-order valence-corrected chi connectivity index (χ3v) is 4.19. The molecule has 0 aliphatic heterocycles. The largest absolute Gasteiger partial charge is 0.477 e. The molecular weight excluding hydrogens is 358 g/mol. The van der Waals surface area contributed by atoms with Gasteiger partial charge in [-0.25, -0.2) is 4.98 Å². The molecule has 1 aromatic carbocycles. The number of aryl methyl sites for hydroxylation is 1. The van der Waals surface area contributed by atoms with Gasteiger partial charge in [-0.2, -0.15) is 0 Å². The molecule has 0 bridgehead atoms. The summed E-state index contributed by atoms with van der Waals surface area (Å²) < 4.78 is 10.9. The number of hydrogen-bond acceptors (Lipinski definition) is 7. The van der Waals surface area contributed by atoms with Crippen molar-refractivity contribution in [2.24, 2.45) is 0 Å². The number of furan rings is 1. The van der Waals surface area contributed by atoms with Gasteiger partial charge in [0.2, 0.25) is 0 Å². The molecule has 0 radical (unpaired) electrons. The van der Waals surface area contributed by atoms with Crippen LogP contribution in [-0.2, 0) is 11.3 Å². The second-order valence-electron chi connectivity index (χ2n) is 5.31. The van der Waals surface area contributed by atoms with E-state index in [2.05, 4.69) is 10.3 Å². The van der Waals surface area contributed by atoms with Crippen LogP contribution in [-0.4, -0.2) is 22.4 Å². The van der Waals surface area contributed by atoms with Gasteiger partial charge in [-0.05, 0) is 25.1 Å². The Morgan fingerprint density at radius 3 is 2.88 bits per heavy atom. The van der Waals surface area contributed by atoms with Crippen molar-refractivity contribution in [1.29, 1.82) is 0 Å². The third-order valence-electron chi connectivity index (χ3n) is 3.41. The Morgan fingerprint density at radius 1 is 1.35 bits per heavy atom. The molecule has 0 unspecified atom stereocenters. The lowest BCUT2D eigenvalue weighted by Crippen LogP contribution is -2.28. The van der Waals surface area contributed by atoms with Gasteiger partial charge in [-0.3, -0.25) is 14.9 Å². The summed E-state index contributed by atoms with van der Waals surface area (Å²) in [7, 11) is 0. The number of nitro benzene ring substituents is 1. The molecule has 0 fully saturated rings. The summed E-state index contributed by atoms with van der Waals surface area (Å²) in [6, 6.07) is 9.44. The van der Waals surface area contributed by atoms with Crippen LogP contribution < -0.4 is 10.1 Å². The normalized spacial score (nSPS) is 10.5. The smallest absolute Gasteiger partial charge is 0.310 e. The van der Waals surface area contributed by atoms with Crippen LogP contribution in [0.4, 0.5) is 5.69 Å². The summed E-state index contributed by atoms with van der Waals surface area (Å²) in [5.41, 5.74) is 0.569. The van der Waals surface area contributed by atoms with E-state index in [0.29, 0.717) is 11.5 Å². The van der Waals surface area contributed by atoms with E-state index in [4.69, 9.17) is 9.15 Å². The fourth-order valence-electron chi connectivity index (χ4n) is 2.20. The Kier molecular flexibility index (Phi) is 5.28. The number of amides is 1. The van der Waals surface area contributed by atoms with Gasteiger partial charge in [0.15, 0.2) is 18.1 Å². The maximum absolute atomic E-state index is 11.9. The molecule has 1 N–H and O–H groups in total. The molecule has 0 saturated carbocycles. The van der Waals surface area contributed by atoms with Crippen molar-refractivity contribution in [2.75, 3.05) is 6.61 Å². The molecule has 1 amide bonds. The minimum atomic E-state index is -0.558. The van der Waals surface area contributed by atoms with Crippen LogP contribution in [0.2, 0.25) is 0 Å². The van der Waals surface area contributed by atoms with Gasteiger partial charge in [-0.15, -0.1) is 11.3 Å². The quantitative estimate of drug-likeness (QED) is 0.503. The minimum Gasteiger partial charge on any atom is -0.477 e. The van der Waals surface area contributed by atoms with Crippen LogP contribution >= 0.6 is 11.3 Å². The number of rotatable bonds is 7. The Labute approximate surface area is 152 Å². The molecule has 0 saturated heterocycles. The number of nitrogens with zero attached hydrogens (tertiary/aromatic N) is 2. The number of ether oxygens (including phenoxy) is 1. The summed E-state index contributed by atoms with van der Waals surface area (Å²) in [5, 5.41) is 16.4. The molecule has 134 valence electrons. The summed E-state index contributed by atoms with van der Waals surface area (Å²) >= 11 is 1.53. The number of carbonyl (C=O) groups excluding carboxylic acids is 1. The number of aromatic nitrogens is 1. The predicted molar refractivity (Wildman–Crippen MR) is 95.0 cm³/mol. The molecule has 26 heavy (non-hydrogen) atoms. The molecule has 2 heterocycles. The highest BCUT2D eigenvalue weighted by atomic mass is 32.1. The van der Waals surface area contributed by atoms with Gasteiger partial charge in [0.25, 0.3) is 5.91 Å². The van der Waals surface area contributed by atoms with Crippen molar-refractivity contribution in [3.05, 3.63) is 62.7 Å². The lowest BCUT2D eigenvalue weighted by molar-refractivity contribution is -0.385. The number of para-hydroxylation sites is 2. The molecule has 0 spiro atoms. The Morgan fingerprint density at radius 2 is 2.15 bits per heavy atom. The molecule has 3 aromatic rings. The van der Waals surface area contributed by atoms with Crippen LogP contribution in [0, 0.1) is 17.0 Å². The number of nitrogens with one attached hydrogen (secondary N) is 1. The Balaban J connectivity index is 1.52. The first-order valence-corrected chi connectivity index (χ1v) is 8.55. The second-order valence-corrected chi connectivity index (χ2v) is 6.37. The first-order chi connectivity index (χ1) is 12.5. The molecular formula is C17H15N3O5S. The first-order valence-electron chi connectivity index (χ1n) is 7.67. The zero-order chi connectivity index (χ0) is 18.5. The van der Waals surface area contributed by atoms with E-state index in [0.717, 1.165) is 10.7 Å². The average Bonchev–Trinajstić information content (AvgIpc) is 3.27. The molecule has 8 nitrogen and oxygen atoms in total. The zero-order valence-corrected chi connectivity index (χ0v) is 14.6. The summed E-state index contributed by atoms with van der Waals surface area (Å²) in [5.74, 6) is 0.844. The monoisotopic (exact) mass is 373 g/mol. The Hall–Kier alpha value is -3.20.